The first-order valence-electron chi connectivity index (χ1n) is 7.86. The molecule has 2 rings (SSSR count). The number of rotatable bonds is 7. The van der Waals surface area contributed by atoms with Crippen molar-refractivity contribution in [3.05, 3.63) is 69.8 Å². The third-order valence-corrected chi connectivity index (χ3v) is 4.00. The quantitative estimate of drug-likeness (QED) is 0.601. The van der Waals surface area contributed by atoms with E-state index in [0.29, 0.717) is 12.2 Å². The van der Waals surface area contributed by atoms with E-state index in [1.165, 1.54) is 6.07 Å². The molecule has 0 fully saturated rings. The molecule has 0 aromatic heterocycles. The second-order valence-corrected chi connectivity index (χ2v) is 5.46. The number of hydrogen-bond acceptors (Lipinski definition) is 4. The van der Waals surface area contributed by atoms with Gasteiger partial charge in [0.2, 0.25) is 0 Å². The monoisotopic (exact) mass is 327 g/mol. The molecule has 1 atom stereocenters. The molecule has 1 amide bonds. The van der Waals surface area contributed by atoms with Crippen molar-refractivity contribution in [2.75, 3.05) is 18.9 Å². The fourth-order valence-corrected chi connectivity index (χ4v) is 2.58. The van der Waals surface area contributed by atoms with E-state index in [9.17, 15) is 14.9 Å². The lowest BCUT2D eigenvalue weighted by Gasteiger charge is -2.16. The van der Waals surface area contributed by atoms with Gasteiger partial charge >= 0.3 is 0 Å². The molecule has 0 saturated carbocycles. The van der Waals surface area contributed by atoms with Gasteiger partial charge in [0, 0.05) is 31.1 Å². The van der Waals surface area contributed by atoms with Crippen molar-refractivity contribution in [3.63, 3.8) is 0 Å². The third-order valence-electron chi connectivity index (χ3n) is 4.00. The maximum atomic E-state index is 12.3. The smallest absolute Gasteiger partial charge is 0.293 e. The highest BCUT2D eigenvalue weighted by Crippen LogP contribution is 2.25. The van der Waals surface area contributed by atoms with Crippen LogP contribution >= 0.6 is 0 Å². The Morgan fingerprint density at radius 1 is 1.21 bits per heavy atom. The number of anilines is 1. The maximum Gasteiger partial charge on any atom is 0.293 e. The van der Waals surface area contributed by atoms with Gasteiger partial charge in [-0.25, -0.2) is 0 Å². The first-order valence-corrected chi connectivity index (χ1v) is 7.86. The summed E-state index contributed by atoms with van der Waals surface area (Å²) in [6.07, 6.45) is 0.892. The van der Waals surface area contributed by atoms with E-state index < -0.39 is 4.92 Å². The summed E-state index contributed by atoms with van der Waals surface area (Å²) < 4.78 is 0. The Labute approximate surface area is 141 Å². The molecule has 2 N–H and O–H groups in total. The number of nitro groups is 1. The standard InChI is InChI=1S/C18H21N3O3/c1-3-13(14-7-5-4-6-8-14)12-20-18(22)15-9-10-16(19-2)17(11-15)21(23)24/h4-11,13,19H,3,12H2,1-2H3,(H,20,22). The second-order valence-electron chi connectivity index (χ2n) is 5.46. The molecule has 0 radical (unpaired) electrons. The third kappa shape index (κ3) is 4.10. The molecule has 126 valence electrons. The summed E-state index contributed by atoms with van der Waals surface area (Å²) in [6, 6.07) is 14.4. The van der Waals surface area contributed by atoms with E-state index in [1.54, 1.807) is 19.2 Å². The summed E-state index contributed by atoms with van der Waals surface area (Å²) in [6.45, 7) is 2.55. The Morgan fingerprint density at radius 2 is 1.92 bits per heavy atom. The van der Waals surface area contributed by atoms with Crippen LogP contribution < -0.4 is 10.6 Å². The summed E-state index contributed by atoms with van der Waals surface area (Å²) in [5.41, 5.74) is 1.72. The van der Waals surface area contributed by atoms with Gasteiger partial charge in [0.25, 0.3) is 11.6 Å². The van der Waals surface area contributed by atoms with Gasteiger partial charge in [0.15, 0.2) is 0 Å². The summed E-state index contributed by atoms with van der Waals surface area (Å²) in [5.74, 6) is -0.100. The molecule has 24 heavy (non-hydrogen) atoms. The Morgan fingerprint density at radius 3 is 2.50 bits per heavy atom. The predicted molar refractivity (Wildman–Crippen MR) is 94.5 cm³/mol. The van der Waals surface area contributed by atoms with Crippen LogP contribution in [0.4, 0.5) is 11.4 Å². The van der Waals surface area contributed by atoms with E-state index in [4.69, 9.17) is 0 Å². The molecule has 0 saturated heterocycles. The van der Waals surface area contributed by atoms with Crippen molar-refractivity contribution in [3.8, 4) is 0 Å². The highest BCUT2D eigenvalue weighted by atomic mass is 16.6. The fraction of sp³-hybridized carbons (Fsp3) is 0.278. The summed E-state index contributed by atoms with van der Waals surface area (Å²) in [7, 11) is 1.60. The zero-order chi connectivity index (χ0) is 17.5. The van der Waals surface area contributed by atoms with Crippen LogP contribution in [0.15, 0.2) is 48.5 Å². The van der Waals surface area contributed by atoms with Crippen LogP contribution in [-0.2, 0) is 0 Å². The normalized spacial score (nSPS) is 11.6. The Bertz CT molecular complexity index is 717. The zero-order valence-corrected chi connectivity index (χ0v) is 13.8. The minimum atomic E-state index is -0.499. The molecule has 0 spiro atoms. The largest absolute Gasteiger partial charge is 0.383 e. The Hall–Kier alpha value is -2.89. The summed E-state index contributed by atoms with van der Waals surface area (Å²) in [4.78, 5) is 22.9. The molecular weight excluding hydrogens is 306 g/mol. The number of nitrogens with zero attached hydrogens (tertiary/aromatic N) is 1. The van der Waals surface area contributed by atoms with Crippen molar-refractivity contribution in [2.45, 2.75) is 19.3 Å². The zero-order valence-electron chi connectivity index (χ0n) is 13.8. The van der Waals surface area contributed by atoms with E-state index in [-0.39, 0.29) is 23.1 Å². The SMILES string of the molecule is CCC(CNC(=O)c1ccc(NC)c([N+](=O)[O-])c1)c1ccccc1. The van der Waals surface area contributed by atoms with Gasteiger partial charge in [-0.15, -0.1) is 0 Å². The molecule has 2 aromatic carbocycles. The second kappa shape index (κ2) is 8.10. The van der Waals surface area contributed by atoms with Crippen molar-refractivity contribution in [1.29, 1.82) is 0 Å². The van der Waals surface area contributed by atoms with Crippen LogP contribution in [0.5, 0.6) is 0 Å². The highest BCUT2D eigenvalue weighted by Gasteiger charge is 2.17. The van der Waals surface area contributed by atoms with Gasteiger partial charge in [-0.1, -0.05) is 37.3 Å². The van der Waals surface area contributed by atoms with Crippen LogP contribution in [0.1, 0.15) is 35.2 Å². The number of nitro benzene ring substituents is 1. The lowest BCUT2D eigenvalue weighted by molar-refractivity contribution is -0.384. The predicted octanol–water partition coefficient (Wildman–Crippen LogP) is 3.56. The number of carbonyl (C=O) groups excluding carboxylic acids is 1. The van der Waals surface area contributed by atoms with Crippen molar-refractivity contribution in [1.82, 2.24) is 5.32 Å². The molecule has 2 aromatic rings. The van der Waals surface area contributed by atoms with Crippen LogP contribution in [0.25, 0.3) is 0 Å². The molecule has 6 heteroatoms. The maximum absolute atomic E-state index is 12.3. The first kappa shape index (κ1) is 17.5. The van der Waals surface area contributed by atoms with Gasteiger partial charge in [-0.3, -0.25) is 14.9 Å². The average Bonchev–Trinajstić information content (AvgIpc) is 2.62. The van der Waals surface area contributed by atoms with Gasteiger partial charge in [-0.05, 0) is 24.1 Å². The summed E-state index contributed by atoms with van der Waals surface area (Å²) in [5, 5.41) is 16.7. The molecule has 6 nitrogen and oxygen atoms in total. The van der Waals surface area contributed by atoms with E-state index in [0.717, 1.165) is 12.0 Å². The highest BCUT2D eigenvalue weighted by molar-refractivity contribution is 5.95. The number of nitrogens with one attached hydrogen (secondary N) is 2. The molecule has 0 aliphatic carbocycles. The minimum absolute atomic E-state index is 0.111. The Balaban J connectivity index is 2.09. The van der Waals surface area contributed by atoms with Crippen LogP contribution in [0, 0.1) is 10.1 Å². The number of hydrogen-bond donors (Lipinski definition) is 2. The van der Waals surface area contributed by atoms with Gasteiger partial charge in [0.1, 0.15) is 5.69 Å². The molecule has 0 bridgehead atoms. The fourth-order valence-electron chi connectivity index (χ4n) is 2.58. The Kier molecular flexibility index (Phi) is 5.89. The number of carbonyl (C=O) groups is 1. The lowest BCUT2D eigenvalue weighted by atomic mass is 9.96. The van der Waals surface area contributed by atoms with Crippen molar-refractivity contribution >= 4 is 17.3 Å². The number of benzene rings is 2. The van der Waals surface area contributed by atoms with Gasteiger partial charge in [0.05, 0.1) is 4.92 Å². The van der Waals surface area contributed by atoms with E-state index >= 15 is 0 Å². The molecule has 1 unspecified atom stereocenters. The molecule has 0 heterocycles. The lowest BCUT2D eigenvalue weighted by Crippen LogP contribution is -2.28. The van der Waals surface area contributed by atoms with Crippen molar-refractivity contribution in [2.24, 2.45) is 0 Å². The van der Waals surface area contributed by atoms with Crippen LogP contribution in [-0.4, -0.2) is 24.4 Å². The van der Waals surface area contributed by atoms with Crippen LogP contribution in [0.3, 0.4) is 0 Å². The number of amides is 1. The molecular formula is C18H21N3O3. The van der Waals surface area contributed by atoms with Crippen LogP contribution in [0.2, 0.25) is 0 Å². The average molecular weight is 327 g/mol. The van der Waals surface area contributed by atoms with Gasteiger partial charge < -0.3 is 10.6 Å². The van der Waals surface area contributed by atoms with E-state index in [2.05, 4.69) is 17.6 Å². The first-order chi connectivity index (χ1) is 11.6. The van der Waals surface area contributed by atoms with E-state index in [1.807, 2.05) is 30.3 Å². The van der Waals surface area contributed by atoms with Gasteiger partial charge in [-0.2, -0.15) is 0 Å². The molecule has 0 aliphatic heterocycles. The van der Waals surface area contributed by atoms with Crippen molar-refractivity contribution < 1.29 is 9.72 Å². The molecule has 0 aliphatic rings. The summed E-state index contributed by atoms with van der Waals surface area (Å²) >= 11 is 0. The minimum Gasteiger partial charge on any atom is -0.383 e. The topological polar surface area (TPSA) is 84.3 Å².